The molecule has 0 bridgehead atoms. The van der Waals surface area contributed by atoms with Gasteiger partial charge >= 0.3 is 18.0 Å². The molecule has 0 heterocycles. The number of amides is 4. The predicted molar refractivity (Wildman–Crippen MR) is 90.8 cm³/mol. The van der Waals surface area contributed by atoms with Gasteiger partial charge in [0.15, 0.2) is 0 Å². The van der Waals surface area contributed by atoms with Crippen LogP contribution in [0.1, 0.15) is 32.3 Å². The number of carboxylic acid groups (broad SMARTS) is 1. The molecule has 1 rings (SSSR count). The van der Waals surface area contributed by atoms with Gasteiger partial charge in [-0.1, -0.05) is 12.1 Å². The van der Waals surface area contributed by atoms with Gasteiger partial charge in [0.25, 0.3) is 0 Å². The first kappa shape index (κ1) is 19.3. The molecule has 8 nitrogen and oxygen atoms in total. The summed E-state index contributed by atoms with van der Waals surface area (Å²) in [6.07, 6.45) is 0.417. The highest BCUT2D eigenvalue weighted by Gasteiger charge is 2.04. The second-order valence-electron chi connectivity index (χ2n) is 5.56. The Morgan fingerprint density at radius 3 is 2.29 bits per heavy atom. The lowest BCUT2D eigenvalue weighted by Gasteiger charge is -2.11. The molecule has 1 aromatic rings. The minimum absolute atomic E-state index is 0.0269. The van der Waals surface area contributed by atoms with Gasteiger partial charge in [0.1, 0.15) is 0 Å². The molecule has 0 aliphatic heterocycles. The number of carbonyl (C=O) groups excluding carboxylic acids is 2. The summed E-state index contributed by atoms with van der Waals surface area (Å²) in [7, 11) is 0. The monoisotopic (exact) mass is 336 g/mol. The maximum absolute atomic E-state index is 11.6. The smallest absolute Gasteiger partial charge is 0.319 e. The number of urea groups is 2. The highest BCUT2D eigenvalue weighted by molar-refractivity contribution is 5.89. The van der Waals surface area contributed by atoms with E-state index in [0.717, 1.165) is 5.56 Å². The number of rotatable bonds is 8. The van der Waals surface area contributed by atoms with E-state index >= 15 is 0 Å². The van der Waals surface area contributed by atoms with Crippen LogP contribution in [0.2, 0.25) is 0 Å². The molecule has 1 aromatic carbocycles. The third-order valence-corrected chi connectivity index (χ3v) is 2.94. The average molecular weight is 336 g/mol. The van der Waals surface area contributed by atoms with Crippen molar-refractivity contribution in [3.8, 4) is 0 Å². The van der Waals surface area contributed by atoms with E-state index in [0.29, 0.717) is 25.2 Å². The number of carboxylic acids is 1. The van der Waals surface area contributed by atoms with Crippen LogP contribution in [0.15, 0.2) is 24.3 Å². The van der Waals surface area contributed by atoms with Crippen molar-refractivity contribution in [2.45, 2.75) is 39.3 Å². The molecule has 0 unspecified atom stereocenters. The van der Waals surface area contributed by atoms with Gasteiger partial charge in [0, 0.05) is 31.2 Å². The van der Waals surface area contributed by atoms with Crippen LogP contribution >= 0.6 is 0 Å². The topological polar surface area (TPSA) is 120 Å². The van der Waals surface area contributed by atoms with Crippen molar-refractivity contribution in [1.29, 1.82) is 0 Å². The molecule has 8 heteroatoms. The van der Waals surface area contributed by atoms with Crippen molar-refractivity contribution in [3.05, 3.63) is 29.8 Å². The molecule has 4 amide bonds. The van der Waals surface area contributed by atoms with E-state index in [-0.39, 0.29) is 24.5 Å². The SMILES string of the molecule is CC(C)NC(=O)Nc1ccc(CNC(=O)NCCCC(=O)O)cc1. The van der Waals surface area contributed by atoms with E-state index in [1.807, 2.05) is 13.8 Å². The molecule has 0 fully saturated rings. The van der Waals surface area contributed by atoms with Crippen molar-refractivity contribution in [2.24, 2.45) is 0 Å². The van der Waals surface area contributed by atoms with Crippen LogP contribution in [0.3, 0.4) is 0 Å². The van der Waals surface area contributed by atoms with Crippen LogP contribution < -0.4 is 21.3 Å². The number of hydrogen-bond donors (Lipinski definition) is 5. The number of anilines is 1. The van der Waals surface area contributed by atoms with Crippen molar-refractivity contribution < 1.29 is 19.5 Å². The minimum Gasteiger partial charge on any atom is -0.481 e. The highest BCUT2D eigenvalue weighted by atomic mass is 16.4. The van der Waals surface area contributed by atoms with Crippen molar-refractivity contribution in [2.75, 3.05) is 11.9 Å². The first-order chi connectivity index (χ1) is 11.4. The molecular formula is C16H24N4O4. The standard InChI is InChI=1S/C16H24N4O4/c1-11(2)19-16(24)20-13-7-5-12(6-8-13)10-18-15(23)17-9-3-4-14(21)22/h5-8,11H,3-4,9-10H2,1-2H3,(H,21,22)(H2,17,18,23)(H2,19,20,24). The summed E-state index contributed by atoms with van der Waals surface area (Å²) in [5.41, 5.74) is 1.54. The van der Waals surface area contributed by atoms with Crippen LogP contribution in [0.25, 0.3) is 0 Å². The highest BCUT2D eigenvalue weighted by Crippen LogP contribution is 2.09. The van der Waals surface area contributed by atoms with E-state index in [9.17, 15) is 14.4 Å². The summed E-state index contributed by atoms with van der Waals surface area (Å²) in [6.45, 7) is 4.40. The van der Waals surface area contributed by atoms with Gasteiger partial charge < -0.3 is 26.4 Å². The van der Waals surface area contributed by atoms with Crippen LogP contribution in [0.5, 0.6) is 0 Å². The summed E-state index contributed by atoms with van der Waals surface area (Å²) in [4.78, 5) is 33.5. The molecule has 0 saturated heterocycles. The molecule has 0 radical (unpaired) electrons. The van der Waals surface area contributed by atoms with E-state index in [4.69, 9.17) is 5.11 Å². The Hall–Kier alpha value is -2.77. The van der Waals surface area contributed by atoms with Crippen LogP contribution in [-0.4, -0.2) is 35.7 Å². The van der Waals surface area contributed by atoms with Crippen molar-refractivity contribution >= 4 is 23.7 Å². The number of aliphatic carboxylic acids is 1. The van der Waals surface area contributed by atoms with Gasteiger partial charge in [-0.15, -0.1) is 0 Å². The maximum atomic E-state index is 11.6. The third-order valence-electron chi connectivity index (χ3n) is 2.94. The van der Waals surface area contributed by atoms with Gasteiger partial charge in [0.05, 0.1) is 0 Å². The van der Waals surface area contributed by atoms with Gasteiger partial charge in [0.2, 0.25) is 0 Å². The summed E-state index contributed by atoms with van der Waals surface area (Å²) in [6, 6.07) is 6.55. The first-order valence-corrected chi connectivity index (χ1v) is 7.76. The van der Waals surface area contributed by atoms with Crippen LogP contribution in [0, 0.1) is 0 Å². The third kappa shape index (κ3) is 8.62. The Bertz CT molecular complexity index is 558. The number of hydrogen-bond acceptors (Lipinski definition) is 3. The lowest BCUT2D eigenvalue weighted by Crippen LogP contribution is -2.35. The zero-order valence-corrected chi connectivity index (χ0v) is 13.9. The largest absolute Gasteiger partial charge is 0.481 e. The number of nitrogens with one attached hydrogen (secondary N) is 4. The molecule has 0 saturated carbocycles. The molecular weight excluding hydrogens is 312 g/mol. The zero-order valence-electron chi connectivity index (χ0n) is 13.9. The molecule has 0 atom stereocenters. The Morgan fingerprint density at radius 2 is 1.71 bits per heavy atom. The predicted octanol–water partition coefficient (Wildman–Crippen LogP) is 1.88. The summed E-state index contributed by atoms with van der Waals surface area (Å²) >= 11 is 0. The Kier molecular flexibility index (Phi) is 8.10. The molecule has 5 N–H and O–H groups in total. The lowest BCUT2D eigenvalue weighted by atomic mass is 10.2. The fraction of sp³-hybridized carbons (Fsp3) is 0.438. The van der Waals surface area contributed by atoms with Crippen LogP contribution in [-0.2, 0) is 11.3 Å². The van der Waals surface area contributed by atoms with Gasteiger partial charge in [-0.05, 0) is 38.0 Å². The van der Waals surface area contributed by atoms with Crippen molar-refractivity contribution in [1.82, 2.24) is 16.0 Å². The van der Waals surface area contributed by atoms with Crippen molar-refractivity contribution in [3.63, 3.8) is 0 Å². The van der Waals surface area contributed by atoms with Gasteiger partial charge in [-0.2, -0.15) is 0 Å². The van der Waals surface area contributed by atoms with Crippen LogP contribution in [0.4, 0.5) is 15.3 Å². The zero-order chi connectivity index (χ0) is 17.9. The summed E-state index contributed by atoms with van der Waals surface area (Å²) < 4.78 is 0. The molecule has 24 heavy (non-hydrogen) atoms. The quantitative estimate of drug-likeness (QED) is 0.466. The number of carbonyl (C=O) groups is 3. The second-order valence-corrected chi connectivity index (χ2v) is 5.56. The minimum atomic E-state index is -0.881. The van der Waals surface area contributed by atoms with E-state index < -0.39 is 5.97 Å². The summed E-state index contributed by atoms with van der Waals surface area (Å²) in [5.74, 6) is -0.881. The molecule has 132 valence electrons. The van der Waals surface area contributed by atoms with Gasteiger partial charge in [-0.25, -0.2) is 9.59 Å². The fourth-order valence-corrected chi connectivity index (χ4v) is 1.82. The maximum Gasteiger partial charge on any atom is 0.319 e. The second kappa shape index (κ2) is 10.1. The first-order valence-electron chi connectivity index (χ1n) is 7.76. The lowest BCUT2D eigenvalue weighted by molar-refractivity contribution is -0.137. The molecule has 0 aliphatic rings. The molecule has 0 spiro atoms. The molecule has 0 aromatic heterocycles. The Balaban J connectivity index is 2.30. The van der Waals surface area contributed by atoms with E-state index in [2.05, 4.69) is 21.3 Å². The molecule has 0 aliphatic carbocycles. The summed E-state index contributed by atoms with van der Waals surface area (Å²) in [5, 5.41) is 19.2. The Morgan fingerprint density at radius 1 is 1.04 bits per heavy atom. The van der Waals surface area contributed by atoms with E-state index in [1.54, 1.807) is 24.3 Å². The normalized spacial score (nSPS) is 10.1. The number of benzene rings is 1. The average Bonchev–Trinajstić information content (AvgIpc) is 2.50. The fourth-order valence-electron chi connectivity index (χ4n) is 1.82. The van der Waals surface area contributed by atoms with E-state index in [1.165, 1.54) is 0 Å². The Labute approximate surface area is 141 Å². The van der Waals surface area contributed by atoms with Gasteiger partial charge in [-0.3, -0.25) is 4.79 Å².